The van der Waals surface area contributed by atoms with Crippen LogP contribution in [0.3, 0.4) is 0 Å². The van der Waals surface area contributed by atoms with Crippen molar-refractivity contribution in [3.63, 3.8) is 0 Å². The fourth-order valence-electron chi connectivity index (χ4n) is 1.69. The minimum Gasteiger partial charge on any atom is -0.463 e. The molecular formula is C14H14BrNO3. The number of hydrogen-bond acceptors (Lipinski definition) is 4. The van der Waals surface area contributed by atoms with Gasteiger partial charge in [-0.25, -0.2) is 4.79 Å². The number of hydrogen-bond donors (Lipinski definition) is 1. The molecule has 1 N–H and O–H groups in total. The minimum atomic E-state index is -0.467. The van der Waals surface area contributed by atoms with E-state index in [0.29, 0.717) is 12.3 Å². The standard InChI is InChI=1S/C14H14BrNO3/c1-9-7-10(15)3-5-12(9)16-8-11-4-6-13(19-11)14(17)18-2/h3-7,16H,8H2,1-2H3. The van der Waals surface area contributed by atoms with Crippen LogP contribution in [-0.2, 0) is 11.3 Å². The highest BCUT2D eigenvalue weighted by atomic mass is 79.9. The number of ether oxygens (including phenoxy) is 1. The van der Waals surface area contributed by atoms with Crippen molar-refractivity contribution in [1.82, 2.24) is 0 Å². The van der Waals surface area contributed by atoms with E-state index in [-0.39, 0.29) is 5.76 Å². The zero-order valence-electron chi connectivity index (χ0n) is 10.7. The van der Waals surface area contributed by atoms with Gasteiger partial charge < -0.3 is 14.5 Å². The van der Waals surface area contributed by atoms with Gasteiger partial charge in [0.05, 0.1) is 13.7 Å². The molecule has 0 aliphatic rings. The number of halogens is 1. The lowest BCUT2D eigenvalue weighted by Crippen LogP contribution is -2.01. The first-order chi connectivity index (χ1) is 9.10. The van der Waals surface area contributed by atoms with Crippen molar-refractivity contribution >= 4 is 27.6 Å². The lowest BCUT2D eigenvalue weighted by Gasteiger charge is -2.08. The number of rotatable bonds is 4. The number of carbonyl (C=O) groups is 1. The molecule has 0 atom stereocenters. The zero-order valence-corrected chi connectivity index (χ0v) is 12.3. The van der Waals surface area contributed by atoms with Crippen LogP contribution in [0.25, 0.3) is 0 Å². The fraction of sp³-hybridized carbons (Fsp3) is 0.214. The third kappa shape index (κ3) is 3.38. The van der Waals surface area contributed by atoms with E-state index < -0.39 is 5.97 Å². The van der Waals surface area contributed by atoms with Gasteiger partial charge in [0.15, 0.2) is 0 Å². The smallest absolute Gasteiger partial charge is 0.373 e. The van der Waals surface area contributed by atoms with Crippen molar-refractivity contribution in [3.05, 3.63) is 51.9 Å². The summed E-state index contributed by atoms with van der Waals surface area (Å²) in [6, 6.07) is 9.36. The highest BCUT2D eigenvalue weighted by Crippen LogP contribution is 2.21. The van der Waals surface area contributed by atoms with Gasteiger partial charge in [-0.2, -0.15) is 0 Å². The summed E-state index contributed by atoms with van der Waals surface area (Å²) < 4.78 is 11.0. The summed E-state index contributed by atoms with van der Waals surface area (Å²) in [5, 5.41) is 3.26. The third-order valence-electron chi connectivity index (χ3n) is 2.69. The molecule has 0 aliphatic heterocycles. The Kier molecular flexibility index (Phi) is 4.27. The first-order valence-corrected chi connectivity index (χ1v) is 6.56. The summed E-state index contributed by atoms with van der Waals surface area (Å²) in [7, 11) is 1.33. The van der Waals surface area contributed by atoms with Gasteiger partial charge >= 0.3 is 5.97 Å². The molecule has 0 unspecified atom stereocenters. The van der Waals surface area contributed by atoms with Crippen LogP contribution in [-0.4, -0.2) is 13.1 Å². The van der Waals surface area contributed by atoms with E-state index in [9.17, 15) is 4.79 Å². The average molecular weight is 324 g/mol. The molecule has 0 saturated heterocycles. The monoisotopic (exact) mass is 323 g/mol. The second kappa shape index (κ2) is 5.93. The quantitative estimate of drug-likeness (QED) is 0.870. The second-order valence-corrected chi connectivity index (χ2v) is 4.99. The van der Waals surface area contributed by atoms with E-state index >= 15 is 0 Å². The molecule has 0 bridgehead atoms. The van der Waals surface area contributed by atoms with Gasteiger partial charge in [-0.05, 0) is 42.8 Å². The fourth-order valence-corrected chi connectivity index (χ4v) is 2.17. The van der Waals surface area contributed by atoms with Gasteiger partial charge in [0.25, 0.3) is 0 Å². The van der Waals surface area contributed by atoms with Gasteiger partial charge in [-0.3, -0.25) is 0 Å². The Labute approximate surface area is 119 Å². The summed E-state index contributed by atoms with van der Waals surface area (Å²) in [4.78, 5) is 11.3. The van der Waals surface area contributed by atoms with Crippen LogP contribution in [0.5, 0.6) is 0 Å². The molecule has 0 aliphatic carbocycles. The maximum atomic E-state index is 11.3. The number of carbonyl (C=O) groups excluding carboxylic acids is 1. The van der Waals surface area contributed by atoms with E-state index in [1.165, 1.54) is 7.11 Å². The van der Waals surface area contributed by atoms with Gasteiger partial charge in [0, 0.05) is 10.2 Å². The maximum absolute atomic E-state index is 11.3. The number of esters is 1. The molecule has 1 heterocycles. The van der Waals surface area contributed by atoms with Gasteiger partial charge in [-0.15, -0.1) is 0 Å². The van der Waals surface area contributed by atoms with Crippen molar-refractivity contribution < 1.29 is 13.9 Å². The first-order valence-electron chi connectivity index (χ1n) is 5.77. The normalized spacial score (nSPS) is 10.3. The molecule has 0 fully saturated rings. The van der Waals surface area contributed by atoms with Crippen LogP contribution in [0.2, 0.25) is 0 Å². The van der Waals surface area contributed by atoms with Crippen molar-refractivity contribution in [2.45, 2.75) is 13.5 Å². The summed E-state index contributed by atoms with van der Waals surface area (Å²) in [6.07, 6.45) is 0. The number of nitrogens with one attached hydrogen (secondary N) is 1. The van der Waals surface area contributed by atoms with Crippen molar-refractivity contribution in [2.24, 2.45) is 0 Å². The highest BCUT2D eigenvalue weighted by Gasteiger charge is 2.10. The molecule has 19 heavy (non-hydrogen) atoms. The summed E-state index contributed by atoms with van der Waals surface area (Å²) in [5.41, 5.74) is 2.16. The summed E-state index contributed by atoms with van der Waals surface area (Å²) in [6.45, 7) is 2.54. The lowest BCUT2D eigenvalue weighted by molar-refractivity contribution is 0.0563. The Morgan fingerprint density at radius 1 is 1.37 bits per heavy atom. The number of furan rings is 1. The van der Waals surface area contributed by atoms with Gasteiger partial charge in [0.1, 0.15) is 5.76 Å². The summed E-state index contributed by atoms with van der Waals surface area (Å²) >= 11 is 3.42. The Morgan fingerprint density at radius 2 is 2.16 bits per heavy atom. The SMILES string of the molecule is COC(=O)c1ccc(CNc2ccc(Br)cc2C)o1. The van der Waals surface area contributed by atoms with E-state index in [1.807, 2.05) is 25.1 Å². The minimum absolute atomic E-state index is 0.215. The molecule has 1 aromatic carbocycles. The molecule has 0 spiro atoms. The number of benzene rings is 1. The maximum Gasteiger partial charge on any atom is 0.373 e. The molecule has 4 nitrogen and oxygen atoms in total. The number of methoxy groups -OCH3 is 1. The summed E-state index contributed by atoms with van der Waals surface area (Å²) in [5.74, 6) is 0.431. The Bertz CT molecular complexity index is 592. The van der Waals surface area contributed by atoms with Crippen molar-refractivity contribution in [1.29, 1.82) is 0 Å². The Balaban J connectivity index is 2.02. The van der Waals surface area contributed by atoms with E-state index in [2.05, 4.69) is 26.0 Å². The van der Waals surface area contributed by atoms with Crippen LogP contribution in [0.4, 0.5) is 5.69 Å². The predicted molar refractivity (Wildman–Crippen MR) is 76.3 cm³/mol. The number of anilines is 1. The van der Waals surface area contributed by atoms with E-state index in [1.54, 1.807) is 12.1 Å². The zero-order chi connectivity index (χ0) is 13.8. The van der Waals surface area contributed by atoms with Crippen LogP contribution in [0.15, 0.2) is 39.2 Å². The largest absolute Gasteiger partial charge is 0.463 e. The molecule has 2 rings (SSSR count). The molecule has 5 heteroatoms. The molecule has 0 saturated carbocycles. The van der Waals surface area contributed by atoms with E-state index in [0.717, 1.165) is 15.7 Å². The molecule has 0 amide bonds. The molecule has 0 radical (unpaired) electrons. The molecular weight excluding hydrogens is 310 g/mol. The molecule has 2 aromatic rings. The predicted octanol–water partition coefficient (Wildman–Crippen LogP) is 3.75. The second-order valence-electron chi connectivity index (χ2n) is 4.07. The Morgan fingerprint density at radius 3 is 2.84 bits per heavy atom. The lowest BCUT2D eigenvalue weighted by atomic mass is 10.2. The van der Waals surface area contributed by atoms with Crippen LogP contribution in [0, 0.1) is 6.92 Å². The van der Waals surface area contributed by atoms with Gasteiger partial charge in [-0.1, -0.05) is 15.9 Å². The van der Waals surface area contributed by atoms with Crippen LogP contribution in [0.1, 0.15) is 21.9 Å². The highest BCUT2D eigenvalue weighted by molar-refractivity contribution is 9.10. The topological polar surface area (TPSA) is 51.5 Å². The number of aryl methyl sites for hydroxylation is 1. The van der Waals surface area contributed by atoms with Crippen LogP contribution >= 0.6 is 15.9 Å². The molecule has 1 aromatic heterocycles. The van der Waals surface area contributed by atoms with Gasteiger partial charge in [0.2, 0.25) is 5.76 Å². The van der Waals surface area contributed by atoms with Crippen molar-refractivity contribution in [3.8, 4) is 0 Å². The molecule has 100 valence electrons. The van der Waals surface area contributed by atoms with Crippen LogP contribution < -0.4 is 5.32 Å². The van der Waals surface area contributed by atoms with Crippen molar-refractivity contribution in [2.75, 3.05) is 12.4 Å². The third-order valence-corrected chi connectivity index (χ3v) is 3.18. The van der Waals surface area contributed by atoms with E-state index in [4.69, 9.17) is 4.42 Å². The first kappa shape index (κ1) is 13.7. The average Bonchev–Trinajstić information content (AvgIpc) is 2.85. The Hall–Kier alpha value is -1.75.